The lowest BCUT2D eigenvalue weighted by Gasteiger charge is -2.31. The fourth-order valence-electron chi connectivity index (χ4n) is 3.86. The van der Waals surface area contributed by atoms with Crippen molar-refractivity contribution in [2.45, 2.75) is 51.0 Å². The van der Waals surface area contributed by atoms with Crippen molar-refractivity contribution in [1.29, 1.82) is 0 Å². The molecule has 1 aromatic carbocycles. The standard InChI is InChI=1S/C21H23F6N3O2/c1-12-7-18(29-32-12)30(2)11-13-3-5-17(6-4-13)28-19(31)14-8-15(20(22,23)24)10-16(9-14)21(25,26)27/h7-10,13,17H,3-6,11H2,1-2H3,(H,28,31). The summed E-state index contributed by atoms with van der Waals surface area (Å²) < 4.78 is 83.2. The molecule has 0 aliphatic heterocycles. The molecule has 176 valence electrons. The van der Waals surface area contributed by atoms with Crippen LogP contribution in [0.1, 0.15) is 52.9 Å². The summed E-state index contributed by atoms with van der Waals surface area (Å²) in [7, 11) is 1.89. The maximum atomic E-state index is 13.0. The zero-order chi connectivity index (χ0) is 23.7. The van der Waals surface area contributed by atoms with E-state index in [9.17, 15) is 31.1 Å². The van der Waals surface area contributed by atoms with Gasteiger partial charge in [0.2, 0.25) is 0 Å². The van der Waals surface area contributed by atoms with Crippen molar-refractivity contribution in [3.8, 4) is 0 Å². The van der Waals surface area contributed by atoms with Gasteiger partial charge in [0, 0.05) is 31.3 Å². The smallest absolute Gasteiger partial charge is 0.360 e. The molecule has 3 rings (SSSR count). The van der Waals surface area contributed by atoms with Crippen molar-refractivity contribution in [2.75, 3.05) is 18.5 Å². The van der Waals surface area contributed by atoms with Gasteiger partial charge in [-0.25, -0.2) is 0 Å². The van der Waals surface area contributed by atoms with Crippen LogP contribution in [0, 0.1) is 12.8 Å². The van der Waals surface area contributed by atoms with Crippen LogP contribution in [-0.2, 0) is 12.4 Å². The molecule has 5 nitrogen and oxygen atoms in total. The van der Waals surface area contributed by atoms with Gasteiger partial charge >= 0.3 is 12.4 Å². The van der Waals surface area contributed by atoms with E-state index in [4.69, 9.17) is 4.52 Å². The van der Waals surface area contributed by atoms with Crippen LogP contribution in [0.5, 0.6) is 0 Å². The van der Waals surface area contributed by atoms with Crippen molar-refractivity contribution in [3.63, 3.8) is 0 Å². The number of carbonyl (C=O) groups excluding carboxylic acids is 1. The number of benzene rings is 1. The Morgan fingerprint density at radius 3 is 2.06 bits per heavy atom. The molecule has 0 radical (unpaired) electrons. The number of rotatable bonds is 5. The van der Waals surface area contributed by atoms with E-state index in [1.54, 1.807) is 6.92 Å². The second-order valence-electron chi connectivity index (χ2n) is 8.16. The molecule has 0 saturated heterocycles. The predicted molar refractivity (Wildman–Crippen MR) is 104 cm³/mol. The molecule has 11 heteroatoms. The molecule has 1 heterocycles. The minimum Gasteiger partial charge on any atom is -0.360 e. The molecule has 1 amide bonds. The van der Waals surface area contributed by atoms with Gasteiger partial charge in [0.05, 0.1) is 11.1 Å². The zero-order valence-corrected chi connectivity index (χ0v) is 17.5. The molecule has 0 bridgehead atoms. The molecule has 1 N–H and O–H groups in total. The third-order valence-corrected chi connectivity index (χ3v) is 5.57. The number of anilines is 1. The molecule has 1 saturated carbocycles. The first-order chi connectivity index (χ1) is 14.8. The Hall–Kier alpha value is -2.72. The summed E-state index contributed by atoms with van der Waals surface area (Å²) in [5.41, 5.74) is -3.67. The second-order valence-corrected chi connectivity index (χ2v) is 8.16. The van der Waals surface area contributed by atoms with Gasteiger partial charge in [0.1, 0.15) is 5.76 Å². The number of aryl methyl sites for hydroxylation is 1. The molecule has 1 fully saturated rings. The summed E-state index contributed by atoms with van der Waals surface area (Å²) in [5.74, 6) is 0.778. The highest BCUT2D eigenvalue weighted by Crippen LogP contribution is 2.36. The minimum absolute atomic E-state index is 0.00878. The maximum absolute atomic E-state index is 13.0. The largest absolute Gasteiger partial charge is 0.416 e. The second kappa shape index (κ2) is 9.03. The number of nitrogens with one attached hydrogen (secondary N) is 1. The van der Waals surface area contributed by atoms with Crippen LogP contribution in [-0.4, -0.2) is 30.7 Å². The first kappa shape index (κ1) is 23.9. The van der Waals surface area contributed by atoms with Crippen LogP contribution < -0.4 is 10.2 Å². The van der Waals surface area contributed by atoms with Crippen LogP contribution in [0.4, 0.5) is 32.2 Å². The Kier molecular flexibility index (Phi) is 6.75. The summed E-state index contributed by atoms with van der Waals surface area (Å²) in [6.45, 7) is 2.51. The van der Waals surface area contributed by atoms with Crippen LogP contribution in [0.2, 0.25) is 0 Å². The highest BCUT2D eigenvalue weighted by atomic mass is 19.4. The average molecular weight is 463 g/mol. The number of aromatic nitrogens is 1. The van der Waals surface area contributed by atoms with E-state index < -0.39 is 35.0 Å². The van der Waals surface area contributed by atoms with Crippen LogP contribution in [0.25, 0.3) is 0 Å². The fraction of sp³-hybridized carbons (Fsp3) is 0.524. The van der Waals surface area contributed by atoms with E-state index in [0.29, 0.717) is 42.5 Å². The Morgan fingerprint density at radius 1 is 1.03 bits per heavy atom. The lowest BCUT2D eigenvalue weighted by molar-refractivity contribution is -0.143. The van der Waals surface area contributed by atoms with E-state index in [-0.39, 0.29) is 12.1 Å². The van der Waals surface area contributed by atoms with Gasteiger partial charge in [0.25, 0.3) is 5.91 Å². The molecule has 1 aliphatic carbocycles. The fourth-order valence-corrected chi connectivity index (χ4v) is 3.86. The Morgan fingerprint density at radius 2 is 1.59 bits per heavy atom. The SMILES string of the molecule is Cc1cc(N(C)CC2CCC(NC(=O)c3cc(C(F)(F)F)cc(C(F)(F)F)c3)CC2)no1. The van der Waals surface area contributed by atoms with Gasteiger partial charge in [0.15, 0.2) is 5.82 Å². The number of alkyl halides is 6. The maximum Gasteiger partial charge on any atom is 0.416 e. The molecule has 32 heavy (non-hydrogen) atoms. The quantitative estimate of drug-likeness (QED) is 0.600. The van der Waals surface area contributed by atoms with Gasteiger partial charge in [-0.3, -0.25) is 4.79 Å². The van der Waals surface area contributed by atoms with Gasteiger partial charge < -0.3 is 14.7 Å². The zero-order valence-electron chi connectivity index (χ0n) is 17.5. The van der Waals surface area contributed by atoms with Crippen LogP contribution in [0.3, 0.4) is 0 Å². The van der Waals surface area contributed by atoms with E-state index >= 15 is 0 Å². The lowest BCUT2D eigenvalue weighted by Crippen LogP contribution is -2.39. The van der Waals surface area contributed by atoms with E-state index in [2.05, 4.69) is 10.5 Å². The number of nitrogens with zero attached hydrogens (tertiary/aromatic N) is 2. The first-order valence-electron chi connectivity index (χ1n) is 10.1. The van der Waals surface area contributed by atoms with Gasteiger partial charge in [-0.05, 0) is 56.7 Å². The third kappa shape index (κ3) is 5.95. The van der Waals surface area contributed by atoms with Crippen molar-refractivity contribution >= 4 is 11.7 Å². The number of hydrogen-bond donors (Lipinski definition) is 1. The van der Waals surface area contributed by atoms with E-state index in [0.717, 1.165) is 19.4 Å². The highest BCUT2D eigenvalue weighted by Gasteiger charge is 2.37. The van der Waals surface area contributed by atoms with E-state index in [1.165, 1.54) is 0 Å². The summed E-state index contributed by atoms with van der Waals surface area (Å²) in [6, 6.07) is 2.41. The average Bonchev–Trinajstić information content (AvgIpc) is 3.14. The lowest BCUT2D eigenvalue weighted by atomic mass is 9.85. The molecule has 1 aromatic heterocycles. The van der Waals surface area contributed by atoms with Crippen molar-refractivity contribution in [3.05, 3.63) is 46.7 Å². The molecular weight excluding hydrogens is 440 g/mol. The topological polar surface area (TPSA) is 58.4 Å². The summed E-state index contributed by atoms with van der Waals surface area (Å²) in [6.07, 6.45) is -7.34. The molecular formula is C21H23F6N3O2. The molecule has 0 atom stereocenters. The Bertz CT molecular complexity index is 913. The summed E-state index contributed by atoms with van der Waals surface area (Å²) >= 11 is 0. The summed E-state index contributed by atoms with van der Waals surface area (Å²) in [4.78, 5) is 14.4. The monoisotopic (exact) mass is 463 g/mol. The highest BCUT2D eigenvalue weighted by molar-refractivity contribution is 5.94. The van der Waals surface area contributed by atoms with Gasteiger partial charge in [-0.15, -0.1) is 0 Å². The molecule has 1 aliphatic rings. The number of amides is 1. The Labute approximate surface area is 180 Å². The van der Waals surface area contributed by atoms with Crippen molar-refractivity contribution in [1.82, 2.24) is 10.5 Å². The van der Waals surface area contributed by atoms with Gasteiger partial charge in [-0.2, -0.15) is 26.3 Å². The predicted octanol–water partition coefficient (Wildman–Crippen LogP) is 5.45. The normalized spacial score (nSPS) is 19.6. The van der Waals surface area contributed by atoms with Crippen LogP contribution in [0.15, 0.2) is 28.8 Å². The van der Waals surface area contributed by atoms with Crippen molar-refractivity contribution < 1.29 is 35.7 Å². The Balaban J connectivity index is 1.61. The number of hydrogen-bond acceptors (Lipinski definition) is 4. The third-order valence-electron chi connectivity index (χ3n) is 5.57. The molecule has 0 unspecified atom stereocenters. The van der Waals surface area contributed by atoms with Crippen LogP contribution >= 0.6 is 0 Å². The van der Waals surface area contributed by atoms with Crippen molar-refractivity contribution in [2.24, 2.45) is 5.92 Å². The first-order valence-corrected chi connectivity index (χ1v) is 10.1. The van der Waals surface area contributed by atoms with Gasteiger partial charge in [-0.1, -0.05) is 5.16 Å². The molecule has 0 spiro atoms. The summed E-state index contributed by atoms with van der Waals surface area (Å²) in [5, 5.41) is 6.54. The number of halogens is 6. The number of carbonyl (C=O) groups is 1. The van der Waals surface area contributed by atoms with E-state index in [1.807, 2.05) is 18.0 Å². The molecule has 2 aromatic rings. The minimum atomic E-state index is -5.00.